The standard InChI is InChI=1S/C19H25N3O2/c1-5-14(4)21-18-12-15(10-11-20-18)19(23)22-16-6-8-17(9-7-16)24-13(2)3/h6-14H,5H2,1-4H3,(H,20,21)(H,22,23). The fourth-order valence-corrected chi connectivity index (χ4v) is 2.10. The molecule has 1 amide bonds. The maximum atomic E-state index is 12.4. The highest BCUT2D eigenvalue weighted by atomic mass is 16.5. The van der Waals surface area contributed by atoms with Gasteiger partial charge in [0.1, 0.15) is 11.6 Å². The van der Waals surface area contributed by atoms with Crippen LogP contribution in [0, 0.1) is 0 Å². The van der Waals surface area contributed by atoms with E-state index in [0.717, 1.165) is 17.9 Å². The van der Waals surface area contributed by atoms with Crippen LogP contribution in [0.2, 0.25) is 0 Å². The van der Waals surface area contributed by atoms with Crippen LogP contribution in [-0.4, -0.2) is 23.0 Å². The minimum atomic E-state index is -0.165. The molecule has 1 atom stereocenters. The van der Waals surface area contributed by atoms with Gasteiger partial charge in [0.2, 0.25) is 0 Å². The van der Waals surface area contributed by atoms with Crippen molar-refractivity contribution in [3.05, 3.63) is 48.2 Å². The van der Waals surface area contributed by atoms with Gasteiger partial charge in [0.05, 0.1) is 6.10 Å². The number of ether oxygens (including phenoxy) is 1. The van der Waals surface area contributed by atoms with E-state index >= 15 is 0 Å². The summed E-state index contributed by atoms with van der Waals surface area (Å²) in [5, 5.41) is 6.15. The van der Waals surface area contributed by atoms with E-state index in [0.29, 0.717) is 17.4 Å². The number of amides is 1. The van der Waals surface area contributed by atoms with Crippen molar-refractivity contribution in [3.8, 4) is 5.75 Å². The average molecular weight is 327 g/mol. The highest BCUT2D eigenvalue weighted by molar-refractivity contribution is 6.04. The topological polar surface area (TPSA) is 63.2 Å². The predicted octanol–water partition coefficient (Wildman–Crippen LogP) is 4.33. The van der Waals surface area contributed by atoms with Gasteiger partial charge in [0.15, 0.2) is 0 Å². The zero-order valence-electron chi connectivity index (χ0n) is 14.7. The summed E-state index contributed by atoms with van der Waals surface area (Å²) in [5.74, 6) is 1.33. The first-order valence-corrected chi connectivity index (χ1v) is 8.28. The van der Waals surface area contributed by atoms with E-state index in [9.17, 15) is 4.79 Å². The molecule has 5 heteroatoms. The summed E-state index contributed by atoms with van der Waals surface area (Å²) in [5.41, 5.74) is 1.29. The van der Waals surface area contributed by atoms with Crippen molar-refractivity contribution in [2.24, 2.45) is 0 Å². The van der Waals surface area contributed by atoms with E-state index in [-0.39, 0.29) is 12.0 Å². The zero-order valence-corrected chi connectivity index (χ0v) is 14.7. The molecule has 1 aromatic carbocycles. The third-order valence-electron chi connectivity index (χ3n) is 3.51. The number of hydrogen-bond donors (Lipinski definition) is 2. The SMILES string of the molecule is CCC(C)Nc1cc(C(=O)Nc2ccc(OC(C)C)cc2)ccn1. The van der Waals surface area contributed by atoms with Crippen LogP contribution in [-0.2, 0) is 0 Å². The van der Waals surface area contributed by atoms with Gasteiger partial charge < -0.3 is 15.4 Å². The van der Waals surface area contributed by atoms with Gasteiger partial charge in [0, 0.05) is 23.5 Å². The van der Waals surface area contributed by atoms with E-state index in [1.54, 1.807) is 18.3 Å². The Hall–Kier alpha value is -2.56. The molecule has 1 aromatic heterocycles. The van der Waals surface area contributed by atoms with Crippen molar-refractivity contribution < 1.29 is 9.53 Å². The molecule has 0 radical (unpaired) electrons. The quantitative estimate of drug-likeness (QED) is 0.794. The molecule has 0 aliphatic rings. The number of pyridine rings is 1. The molecule has 0 spiro atoms. The Bertz CT molecular complexity index is 669. The minimum absolute atomic E-state index is 0.124. The molecule has 128 valence electrons. The summed E-state index contributed by atoms with van der Waals surface area (Å²) >= 11 is 0. The number of carbonyl (C=O) groups is 1. The molecule has 1 unspecified atom stereocenters. The van der Waals surface area contributed by atoms with Crippen LogP contribution >= 0.6 is 0 Å². The first-order chi connectivity index (χ1) is 11.5. The Morgan fingerprint density at radius 1 is 1.17 bits per heavy atom. The highest BCUT2D eigenvalue weighted by Crippen LogP contribution is 2.18. The number of hydrogen-bond acceptors (Lipinski definition) is 4. The van der Waals surface area contributed by atoms with Gasteiger partial charge in [0.25, 0.3) is 5.91 Å². The monoisotopic (exact) mass is 327 g/mol. The number of anilines is 2. The van der Waals surface area contributed by atoms with E-state index < -0.39 is 0 Å². The molecule has 0 bridgehead atoms. The normalized spacial score (nSPS) is 11.9. The minimum Gasteiger partial charge on any atom is -0.491 e. The lowest BCUT2D eigenvalue weighted by Crippen LogP contribution is -2.16. The number of benzene rings is 1. The fourth-order valence-electron chi connectivity index (χ4n) is 2.10. The van der Waals surface area contributed by atoms with Crippen LogP contribution in [0.15, 0.2) is 42.6 Å². The van der Waals surface area contributed by atoms with E-state index in [4.69, 9.17) is 4.74 Å². The molecule has 2 aromatic rings. The first kappa shape index (κ1) is 17.8. The van der Waals surface area contributed by atoms with Gasteiger partial charge in [-0.15, -0.1) is 0 Å². The fraction of sp³-hybridized carbons (Fsp3) is 0.368. The van der Waals surface area contributed by atoms with Gasteiger partial charge in [-0.2, -0.15) is 0 Å². The van der Waals surface area contributed by atoms with E-state index in [2.05, 4.69) is 29.5 Å². The number of carbonyl (C=O) groups excluding carboxylic acids is 1. The Labute approximate surface area is 143 Å². The Balaban J connectivity index is 2.02. The van der Waals surface area contributed by atoms with Gasteiger partial charge >= 0.3 is 0 Å². The summed E-state index contributed by atoms with van der Waals surface area (Å²) in [6, 6.07) is 11.1. The van der Waals surface area contributed by atoms with E-state index in [1.807, 2.05) is 38.1 Å². The largest absolute Gasteiger partial charge is 0.491 e. The van der Waals surface area contributed by atoms with Crippen molar-refractivity contribution in [1.82, 2.24) is 4.98 Å². The second-order valence-electron chi connectivity index (χ2n) is 6.03. The molecule has 1 heterocycles. The van der Waals surface area contributed by atoms with Crippen molar-refractivity contribution in [2.45, 2.75) is 46.3 Å². The van der Waals surface area contributed by atoms with Crippen molar-refractivity contribution in [2.75, 3.05) is 10.6 Å². The first-order valence-electron chi connectivity index (χ1n) is 8.28. The maximum absolute atomic E-state index is 12.4. The molecule has 0 fully saturated rings. The van der Waals surface area contributed by atoms with E-state index in [1.165, 1.54) is 0 Å². The molecular formula is C19H25N3O2. The molecular weight excluding hydrogens is 302 g/mol. The number of rotatable bonds is 7. The lowest BCUT2D eigenvalue weighted by Gasteiger charge is -2.13. The third kappa shape index (κ3) is 5.26. The molecule has 0 aliphatic carbocycles. The van der Waals surface area contributed by atoms with Gasteiger partial charge in [-0.3, -0.25) is 4.79 Å². The van der Waals surface area contributed by atoms with Crippen molar-refractivity contribution >= 4 is 17.4 Å². The highest BCUT2D eigenvalue weighted by Gasteiger charge is 2.09. The van der Waals surface area contributed by atoms with Crippen molar-refractivity contribution in [1.29, 1.82) is 0 Å². The maximum Gasteiger partial charge on any atom is 0.255 e. The zero-order chi connectivity index (χ0) is 17.5. The lowest BCUT2D eigenvalue weighted by atomic mass is 10.2. The van der Waals surface area contributed by atoms with Crippen LogP contribution in [0.4, 0.5) is 11.5 Å². The van der Waals surface area contributed by atoms with Gasteiger partial charge in [-0.05, 0) is 63.6 Å². The van der Waals surface area contributed by atoms with Crippen LogP contribution in [0.3, 0.4) is 0 Å². The Kier molecular flexibility index (Phi) is 6.18. The molecule has 0 saturated carbocycles. The molecule has 5 nitrogen and oxygen atoms in total. The average Bonchev–Trinajstić information content (AvgIpc) is 2.56. The van der Waals surface area contributed by atoms with Crippen LogP contribution in [0.25, 0.3) is 0 Å². The van der Waals surface area contributed by atoms with Crippen LogP contribution < -0.4 is 15.4 Å². The summed E-state index contributed by atoms with van der Waals surface area (Å²) in [4.78, 5) is 16.6. The van der Waals surface area contributed by atoms with Crippen LogP contribution in [0.5, 0.6) is 5.75 Å². The predicted molar refractivity (Wildman–Crippen MR) is 97.8 cm³/mol. The number of aromatic nitrogens is 1. The number of nitrogens with one attached hydrogen (secondary N) is 2. The third-order valence-corrected chi connectivity index (χ3v) is 3.51. The van der Waals surface area contributed by atoms with Crippen LogP contribution in [0.1, 0.15) is 44.5 Å². The van der Waals surface area contributed by atoms with Crippen molar-refractivity contribution in [3.63, 3.8) is 0 Å². The summed E-state index contributed by atoms with van der Waals surface area (Å²) in [6.45, 7) is 8.13. The second-order valence-corrected chi connectivity index (χ2v) is 6.03. The second kappa shape index (κ2) is 8.34. The smallest absolute Gasteiger partial charge is 0.255 e. The lowest BCUT2D eigenvalue weighted by molar-refractivity contribution is 0.102. The summed E-state index contributed by atoms with van der Waals surface area (Å²) in [7, 11) is 0. The Morgan fingerprint density at radius 2 is 1.88 bits per heavy atom. The molecule has 0 aliphatic heterocycles. The molecule has 2 N–H and O–H groups in total. The molecule has 0 saturated heterocycles. The molecule has 2 rings (SSSR count). The molecule has 24 heavy (non-hydrogen) atoms. The summed E-state index contributed by atoms with van der Waals surface area (Å²) in [6.07, 6.45) is 2.75. The van der Waals surface area contributed by atoms with Gasteiger partial charge in [-0.1, -0.05) is 6.92 Å². The summed E-state index contributed by atoms with van der Waals surface area (Å²) < 4.78 is 5.59. The van der Waals surface area contributed by atoms with Gasteiger partial charge in [-0.25, -0.2) is 4.98 Å². The number of nitrogens with zero attached hydrogens (tertiary/aromatic N) is 1. The Morgan fingerprint density at radius 3 is 2.50 bits per heavy atom.